The minimum Gasteiger partial charge on any atom is -0.383 e. The lowest BCUT2D eigenvalue weighted by atomic mass is 10.1. The number of hydrogen-bond donors (Lipinski definition) is 0. The predicted molar refractivity (Wildman–Crippen MR) is 134 cm³/mol. The molecule has 0 aliphatic heterocycles. The van der Waals surface area contributed by atoms with Gasteiger partial charge in [-0.3, -0.25) is 20.2 Å². The van der Waals surface area contributed by atoms with Crippen molar-refractivity contribution in [1.82, 2.24) is 0 Å². The van der Waals surface area contributed by atoms with Gasteiger partial charge in [-0.2, -0.15) is 13.2 Å². The molecule has 9 nitrogen and oxygen atoms in total. The van der Waals surface area contributed by atoms with Crippen LogP contribution in [0.5, 0.6) is 0 Å². The standard InChI is InChI=1S/C13H17F3N2O2.C10H13ClN2O3/c1-3-5-8-17(4-2)10-6-7-12(18(19)20)11(9-10)13(14,15)16;1-12(5-6-16-2)10-4-3-8(13(14)15)7-9(10)11/h6-7,9H,3-5,8H2,1-2H3;3-4,7H,5-6H2,1-2H3. The van der Waals surface area contributed by atoms with Crippen LogP contribution in [0.1, 0.15) is 32.3 Å². The highest BCUT2D eigenvalue weighted by molar-refractivity contribution is 6.33. The van der Waals surface area contributed by atoms with E-state index in [1.807, 2.05) is 25.8 Å². The molecule has 0 saturated heterocycles. The number of rotatable bonds is 11. The van der Waals surface area contributed by atoms with Gasteiger partial charge in [0.25, 0.3) is 11.4 Å². The first-order chi connectivity index (χ1) is 16.9. The zero-order valence-corrected chi connectivity index (χ0v) is 21.3. The monoisotopic (exact) mass is 534 g/mol. The highest BCUT2D eigenvalue weighted by Gasteiger charge is 2.38. The van der Waals surface area contributed by atoms with Crippen molar-refractivity contribution in [1.29, 1.82) is 0 Å². The lowest BCUT2D eigenvalue weighted by molar-refractivity contribution is -0.388. The van der Waals surface area contributed by atoms with Crippen LogP contribution < -0.4 is 9.80 Å². The molecule has 0 atom stereocenters. The maximum atomic E-state index is 12.9. The minimum atomic E-state index is -4.73. The van der Waals surface area contributed by atoms with Crippen LogP contribution >= 0.6 is 11.6 Å². The first-order valence-electron chi connectivity index (χ1n) is 11.1. The van der Waals surface area contributed by atoms with E-state index in [0.29, 0.717) is 37.0 Å². The lowest BCUT2D eigenvalue weighted by Crippen LogP contribution is -2.24. The summed E-state index contributed by atoms with van der Waals surface area (Å²) in [5, 5.41) is 21.6. The van der Waals surface area contributed by atoms with E-state index < -0.39 is 27.3 Å². The molecule has 200 valence electrons. The molecule has 0 amide bonds. The van der Waals surface area contributed by atoms with Gasteiger partial charge < -0.3 is 14.5 Å². The quantitative estimate of drug-likeness (QED) is 0.237. The third kappa shape index (κ3) is 9.15. The number of alkyl halides is 3. The number of unbranched alkanes of at least 4 members (excludes halogenated alkanes) is 1. The number of ether oxygens (including phenoxy) is 1. The van der Waals surface area contributed by atoms with Gasteiger partial charge in [0.15, 0.2) is 0 Å². The SMILES string of the molecule is CCCCN(CC)c1ccc([N+](=O)[O-])c(C(F)(F)F)c1.COCCN(C)c1ccc([N+](=O)[O-])cc1Cl. The minimum absolute atomic E-state index is 0.00566. The summed E-state index contributed by atoms with van der Waals surface area (Å²) in [6, 6.07) is 7.57. The van der Waals surface area contributed by atoms with E-state index in [2.05, 4.69) is 0 Å². The second-order valence-corrected chi connectivity index (χ2v) is 8.10. The summed E-state index contributed by atoms with van der Waals surface area (Å²) >= 11 is 5.96. The van der Waals surface area contributed by atoms with E-state index in [4.69, 9.17) is 16.3 Å². The van der Waals surface area contributed by atoms with Gasteiger partial charge in [-0.25, -0.2) is 0 Å². The van der Waals surface area contributed by atoms with Crippen molar-refractivity contribution in [2.75, 3.05) is 50.2 Å². The Bertz CT molecular complexity index is 1020. The van der Waals surface area contributed by atoms with Crippen molar-refractivity contribution in [2.24, 2.45) is 0 Å². The average molecular weight is 535 g/mol. The van der Waals surface area contributed by atoms with Gasteiger partial charge in [0.05, 0.1) is 27.2 Å². The topological polar surface area (TPSA) is 102 Å². The molecule has 2 rings (SSSR count). The first kappa shape index (κ1) is 30.9. The highest BCUT2D eigenvalue weighted by Crippen LogP contribution is 2.38. The van der Waals surface area contributed by atoms with E-state index in [-0.39, 0.29) is 5.69 Å². The number of likely N-dealkylation sites (N-methyl/N-ethyl adjacent to an activating group) is 1. The lowest BCUT2D eigenvalue weighted by Gasteiger charge is -2.23. The summed E-state index contributed by atoms with van der Waals surface area (Å²) in [5.74, 6) is 0. The van der Waals surface area contributed by atoms with Gasteiger partial charge >= 0.3 is 6.18 Å². The summed E-state index contributed by atoms with van der Waals surface area (Å²) in [7, 11) is 3.47. The van der Waals surface area contributed by atoms with Crippen LogP contribution in [0.25, 0.3) is 0 Å². The number of nitrogens with zero attached hydrogens (tertiary/aromatic N) is 4. The second kappa shape index (κ2) is 14.4. The third-order valence-electron chi connectivity index (χ3n) is 5.19. The number of benzene rings is 2. The summed E-state index contributed by atoms with van der Waals surface area (Å²) < 4.78 is 43.6. The molecule has 0 unspecified atom stereocenters. The van der Waals surface area contributed by atoms with Crippen LogP contribution in [0, 0.1) is 20.2 Å². The van der Waals surface area contributed by atoms with Crippen molar-refractivity contribution in [3.8, 4) is 0 Å². The molecule has 2 aromatic carbocycles. The van der Waals surface area contributed by atoms with Crippen molar-refractivity contribution < 1.29 is 27.8 Å². The molecular weight excluding hydrogens is 505 g/mol. The number of methoxy groups -OCH3 is 1. The molecule has 0 bridgehead atoms. The number of nitro groups is 2. The fourth-order valence-corrected chi connectivity index (χ4v) is 3.51. The van der Waals surface area contributed by atoms with Gasteiger partial charge in [-0.1, -0.05) is 24.9 Å². The maximum Gasteiger partial charge on any atom is 0.423 e. The molecule has 0 aliphatic carbocycles. The fourth-order valence-electron chi connectivity index (χ4n) is 3.19. The van der Waals surface area contributed by atoms with E-state index >= 15 is 0 Å². The van der Waals surface area contributed by atoms with Crippen LogP contribution in [0.2, 0.25) is 5.02 Å². The van der Waals surface area contributed by atoms with E-state index in [1.165, 1.54) is 18.2 Å². The molecule has 0 spiro atoms. The van der Waals surface area contributed by atoms with E-state index in [1.54, 1.807) is 18.1 Å². The second-order valence-electron chi connectivity index (χ2n) is 7.70. The molecule has 0 N–H and O–H groups in total. The first-order valence-corrected chi connectivity index (χ1v) is 11.5. The van der Waals surface area contributed by atoms with Gasteiger partial charge in [0.2, 0.25) is 0 Å². The molecule has 13 heteroatoms. The Morgan fingerprint density at radius 2 is 1.69 bits per heavy atom. The van der Waals surface area contributed by atoms with Gasteiger partial charge in [0, 0.05) is 57.7 Å². The Hall–Kier alpha value is -3.12. The van der Waals surface area contributed by atoms with Crippen LogP contribution in [-0.4, -0.2) is 50.2 Å². The Morgan fingerprint density at radius 3 is 2.17 bits per heavy atom. The van der Waals surface area contributed by atoms with Crippen molar-refractivity contribution in [3.63, 3.8) is 0 Å². The van der Waals surface area contributed by atoms with Crippen molar-refractivity contribution in [3.05, 3.63) is 67.2 Å². The maximum absolute atomic E-state index is 12.9. The molecule has 0 saturated carbocycles. The highest BCUT2D eigenvalue weighted by atomic mass is 35.5. The summed E-state index contributed by atoms with van der Waals surface area (Å²) in [6.07, 6.45) is -2.95. The smallest absolute Gasteiger partial charge is 0.383 e. The summed E-state index contributed by atoms with van der Waals surface area (Å²) in [6.45, 7) is 6.25. The number of halogens is 4. The molecular formula is C23H30ClF3N4O5. The average Bonchev–Trinajstić information content (AvgIpc) is 2.82. The molecule has 0 radical (unpaired) electrons. The summed E-state index contributed by atoms with van der Waals surface area (Å²) in [4.78, 5) is 23.4. The number of hydrogen-bond acceptors (Lipinski definition) is 7. The van der Waals surface area contributed by atoms with Crippen LogP contribution in [0.3, 0.4) is 0 Å². The van der Waals surface area contributed by atoms with Crippen LogP contribution in [0.4, 0.5) is 35.9 Å². The Kier molecular flexibility index (Phi) is 12.4. The molecule has 0 fully saturated rings. The van der Waals surface area contributed by atoms with Crippen molar-refractivity contribution in [2.45, 2.75) is 32.9 Å². The number of anilines is 2. The Balaban J connectivity index is 0.000000369. The van der Waals surface area contributed by atoms with Crippen LogP contribution in [0.15, 0.2) is 36.4 Å². The zero-order valence-electron chi connectivity index (χ0n) is 20.5. The summed E-state index contributed by atoms with van der Waals surface area (Å²) in [5.41, 5.74) is -1.00. The number of nitro benzene ring substituents is 2. The largest absolute Gasteiger partial charge is 0.423 e. The Morgan fingerprint density at radius 1 is 1.03 bits per heavy atom. The molecule has 0 aliphatic rings. The fraction of sp³-hybridized carbons (Fsp3) is 0.478. The zero-order chi connectivity index (χ0) is 27.5. The number of non-ortho nitro benzene ring substituents is 1. The molecule has 0 heterocycles. The molecule has 2 aromatic rings. The molecule has 36 heavy (non-hydrogen) atoms. The normalized spacial score (nSPS) is 10.9. The van der Waals surface area contributed by atoms with Crippen molar-refractivity contribution >= 4 is 34.4 Å². The van der Waals surface area contributed by atoms with Crippen LogP contribution in [-0.2, 0) is 10.9 Å². The predicted octanol–water partition coefficient (Wildman–Crippen LogP) is 6.57. The molecule has 0 aromatic heterocycles. The Labute approximate surface area is 212 Å². The van der Waals surface area contributed by atoms with E-state index in [9.17, 15) is 33.4 Å². The third-order valence-corrected chi connectivity index (χ3v) is 5.50. The van der Waals surface area contributed by atoms with Gasteiger partial charge in [-0.05, 0) is 31.5 Å². The van der Waals surface area contributed by atoms with E-state index in [0.717, 1.165) is 30.7 Å². The van der Waals surface area contributed by atoms with Gasteiger partial charge in [0.1, 0.15) is 5.56 Å². The van der Waals surface area contributed by atoms with Gasteiger partial charge in [-0.15, -0.1) is 0 Å².